The molecule has 0 aromatic heterocycles. The standard InChI is InChI=1S/C29H30ClF2N3O4S/c1-20(29(37)33-23-7-5-6-8-23)34(18-21-11-13-22(31)14-12-21)28(36)19-35(24-15-16-27(32)26(30)17-24)40(38,39)25-9-3-2-4-10-25/h2-4,9-17,20,23H,5-8,18-19H2,1H3,(H,33,37)/t20-/m0/s1. The van der Waals surface area contributed by atoms with E-state index in [4.69, 9.17) is 11.6 Å². The van der Waals surface area contributed by atoms with Crippen LogP contribution >= 0.6 is 11.6 Å². The van der Waals surface area contributed by atoms with Crippen molar-refractivity contribution >= 4 is 39.1 Å². The molecule has 1 aliphatic rings. The first-order valence-electron chi connectivity index (χ1n) is 12.9. The van der Waals surface area contributed by atoms with Crippen LogP contribution in [0, 0.1) is 11.6 Å². The molecule has 11 heteroatoms. The van der Waals surface area contributed by atoms with Crippen molar-refractivity contribution in [2.45, 2.75) is 56.1 Å². The minimum Gasteiger partial charge on any atom is -0.352 e. The number of carbonyl (C=O) groups is 2. The summed E-state index contributed by atoms with van der Waals surface area (Å²) in [5.41, 5.74) is 0.533. The van der Waals surface area contributed by atoms with Crippen LogP contribution in [-0.4, -0.2) is 43.8 Å². The minimum absolute atomic E-state index is 0.00837. The van der Waals surface area contributed by atoms with Gasteiger partial charge in [0.25, 0.3) is 10.0 Å². The van der Waals surface area contributed by atoms with E-state index in [1.165, 1.54) is 47.4 Å². The van der Waals surface area contributed by atoms with E-state index in [0.717, 1.165) is 42.1 Å². The summed E-state index contributed by atoms with van der Waals surface area (Å²) in [5.74, 6) is -2.26. The number of amides is 2. The second-order valence-corrected chi connectivity index (χ2v) is 12.0. The maximum atomic E-state index is 14.0. The van der Waals surface area contributed by atoms with Gasteiger partial charge < -0.3 is 10.2 Å². The molecular formula is C29H30ClF2N3O4S. The molecule has 1 N–H and O–H groups in total. The maximum Gasteiger partial charge on any atom is 0.264 e. The highest BCUT2D eigenvalue weighted by molar-refractivity contribution is 7.92. The zero-order valence-electron chi connectivity index (χ0n) is 21.9. The van der Waals surface area contributed by atoms with E-state index >= 15 is 0 Å². The van der Waals surface area contributed by atoms with E-state index < -0.39 is 40.2 Å². The SMILES string of the molecule is C[C@@H](C(=O)NC1CCCC1)N(Cc1ccc(F)cc1)C(=O)CN(c1ccc(F)c(Cl)c1)S(=O)(=O)c1ccccc1. The van der Waals surface area contributed by atoms with Crippen molar-refractivity contribution in [2.24, 2.45) is 0 Å². The lowest BCUT2D eigenvalue weighted by molar-refractivity contribution is -0.139. The number of benzene rings is 3. The number of hydrogen-bond acceptors (Lipinski definition) is 4. The Balaban J connectivity index is 1.69. The molecule has 0 bridgehead atoms. The van der Waals surface area contributed by atoms with Gasteiger partial charge in [-0.05, 0) is 67.8 Å². The molecule has 1 aliphatic carbocycles. The molecule has 0 unspecified atom stereocenters. The molecule has 0 aliphatic heterocycles. The van der Waals surface area contributed by atoms with Crippen LogP contribution in [0.5, 0.6) is 0 Å². The summed E-state index contributed by atoms with van der Waals surface area (Å²) in [6.45, 7) is 0.805. The van der Waals surface area contributed by atoms with Crippen molar-refractivity contribution in [3.8, 4) is 0 Å². The van der Waals surface area contributed by atoms with Crippen LogP contribution < -0.4 is 9.62 Å². The average molecular weight is 590 g/mol. The van der Waals surface area contributed by atoms with Crippen LogP contribution in [0.3, 0.4) is 0 Å². The van der Waals surface area contributed by atoms with Crippen molar-refractivity contribution in [1.29, 1.82) is 0 Å². The number of carbonyl (C=O) groups excluding carboxylic acids is 2. The van der Waals surface area contributed by atoms with Gasteiger partial charge in [-0.3, -0.25) is 13.9 Å². The second-order valence-electron chi connectivity index (χ2n) is 9.74. The molecule has 1 atom stereocenters. The zero-order chi connectivity index (χ0) is 28.9. The van der Waals surface area contributed by atoms with Gasteiger partial charge in [0.15, 0.2) is 0 Å². The van der Waals surface area contributed by atoms with E-state index in [1.54, 1.807) is 25.1 Å². The van der Waals surface area contributed by atoms with Crippen LogP contribution in [0.4, 0.5) is 14.5 Å². The third kappa shape index (κ3) is 6.98. The first kappa shape index (κ1) is 29.5. The summed E-state index contributed by atoms with van der Waals surface area (Å²) >= 11 is 5.97. The Morgan fingerprint density at radius 1 is 1.00 bits per heavy atom. The first-order chi connectivity index (χ1) is 19.1. The van der Waals surface area contributed by atoms with Gasteiger partial charge in [-0.25, -0.2) is 17.2 Å². The van der Waals surface area contributed by atoms with E-state index in [2.05, 4.69) is 5.32 Å². The Morgan fingerprint density at radius 2 is 1.65 bits per heavy atom. The molecule has 4 rings (SSSR count). The van der Waals surface area contributed by atoms with Crippen LogP contribution in [-0.2, 0) is 26.2 Å². The number of rotatable bonds is 10. The van der Waals surface area contributed by atoms with Gasteiger partial charge in [-0.2, -0.15) is 0 Å². The third-order valence-corrected chi connectivity index (χ3v) is 9.01. The van der Waals surface area contributed by atoms with Crippen LogP contribution in [0.2, 0.25) is 5.02 Å². The molecule has 40 heavy (non-hydrogen) atoms. The summed E-state index contributed by atoms with van der Waals surface area (Å²) in [7, 11) is -4.30. The van der Waals surface area contributed by atoms with E-state index in [0.29, 0.717) is 5.56 Å². The quantitative estimate of drug-likeness (QED) is 0.348. The molecule has 0 saturated heterocycles. The summed E-state index contributed by atoms with van der Waals surface area (Å²) in [6, 6.07) is 15.4. The van der Waals surface area contributed by atoms with Gasteiger partial charge in [0, 0.05) is 12.6 Å². The molecule has 2 amide bonds. The highest BCUT2D eigenvalue weighted by Crippen LogP contribution is 2.28. The van der Waals surface area contributed by atoms with Crippen molar-refractivity contribution in [2.75, 3.05) is 10.8 Å². The van der Waals surface area contributed by atoms with Gasteiger partial charge in [0.1, 0.15) is 24.2 Å². The highest BCUT2D eigenvalue weighted by atomic mass is 35.5. The van der Waals surface area contributed by atoms with Crippen LogP contribution in [0.15, 0.2) is 77.7 Å². The molecule has 0 heterocycles. The predicted octanol–water partition coefficient (Wildman–Crippen LogP) is 5.29. The fourth-order valence-corrected chi connectivity index (χ4v) is 6.25. The number of nitrogens with zero attached hydrogens (tertiary/aromatic N) is 2. The summed E-state index contributed by atoms with van der Waals surface area (Å²) in [6.07, 6.45) is 3.70. The average Bonchev–Trinajstić information content (AvgIpc) is 3.46. The number of anilines is 1. The van der Waals surface area contributed by atoms with Crippen molar-refractivity contribution in [3.05, 3.63) is 95.0 Å². The highest BCUT2D eigenvalue weighted by Gasteiger charge is 2.33. The number of halogens is 3. The smallest absolute Gasteiger partial charge is 0.264 e. The molecule has 1 saturated carbocycles. The fourth-order valence-electron chi connectivity index (χ4n) is 4.65. The first-order valence-corrected chi connectivity index (χ1v) is 14.7. The van der Waals surface area contributed by atoms with Gasteiger partial charge in [0.05, 0.1) is 15.6 Å². The Labute approximate surface area is 237 Å². The van der Waals surface area contributed by atoms with E-state index in [9.17, 15) is 26.8 Å². The molecular weight excluding hydrogens is 560 g/mol. The Hall–Kier alpha value is -3.50. The van der Waals surface area contributed by atoms with Gasteiger partial charge >= 0.3 is 0 Å². The van der Waals surface area contributed by atoms with Crippen molar-refractivity contribution < 1.29 is 26.8 Å². The summed E-state index contributed by atoms with van der Waals surface area (Å²) in [5, 5.41) is 2.67. The second kappa shape index (κ2) is 12.8. The Bertz CT molecular complexity index is 1450. The summed E-state index contributed by atoms with van der Waals surface area (Å²) < 4.78 is 55.8. The fraction of sp³-hybridized carbons (Fsp3) is 0.310. The molecule has 1 fully saturated rings. The number of sulfonamides is 1. The molecule has 7 nitrogen and oxygen atoms in total. The molecule has 0 radical (unpaired) electrons. The van der Waals surface area contributed by atoms with Crippen molar-refractivity contribution in [1.82, 2.24) is 10.2 Å². The summed E-state index contributed by atoms with van der Waals surface area (Å²) in [4.78, 5) is 28.2. The lowest BCUT2D eigenvalue weighted by Crippen LogP contribution is -2.52. The predicted molar refractivity (Wildman–Crippen MR) is 149 cm³/mol. The molecule has 212 valence electrons. The third-order valence-electron chi connectivity index (χ3n) is 6.94. The molecule has 3 aromatic carbocycles. The topological polar surface area (TPSA) is 86.8 Å². The van der Waals surface area contributed by atoms with Gasteiger partial charge in [-0.1, -0.05) is 54.8 Å². The van der Waals surface area contributed by atoms with E-state index in [1.807, 2.05) is 0 Å². The largest absolute Gasteiger partial charge is 0.352 e. The van der Waals surface area contributed by atoms with E-state index in [-0.39, 0.29) is 34.1 Å². The van der Waals surface area contributed by atoms with Gasteiger partial charge in [0.2, 0.25) is 11.8 Å². The van der Waals surface area contributed by atoms with Gasteiger partial charge in [-0.15, -0.1) is 0 Å². The van der Waals surface area contributed by atoms with Crippen molar-refractivity contribution in [3.63, 3.8) is 0 Å². The Morgan fingerprint density at radius 3 is 2.27 bits per heavy atom. The monoisotopic (exact) mass is 589 g/mol. The molecule has 0 spiro atoms. The lowest BCUT2D eigenvalue weighted by atomic mass is 10.1. The zero-order valence-corrected chi connectivity index (χ0v) is 23.5. The number of hydrogen-bond donors (Lipinski definition) is 1. The number of nitrogens with one attached hydrogen (secondary N) is 1. The van der Waals surface area contributed by atoms with Crippen LogP contribution in [0.25, 0.3) is 0 Å². The Kier molecular flexibility index (Phi) is 9.42. The minimum atomic E-state index is -4.30. The van der Waals surface area contributed by atoms with Crippen LogP contribution in [0.1, 0.15) is 38.2 Å². The molecule has 3 aromatic rings. The maximum absolute atomic E-state index is 14.0. The normalized spacial score (nSPS) is 14.5. The lowest BCUT2D eigenvalue weighted by Gasteiger charge is -2.32.